The molecule has 1 heterocycles. The molecule has 0 atom stereocenters. The Morgan fingerprint density at radius 1 is 0.926 bits per heavy atom. The van der Waals surface area contributed by atoms with E-state index < -0.39 is 5.54 Å². The Labute approximate surface area is 159 Å². The van der Waals surface area contributed by atoms with Crippen molar-refractivity contribution in [2.45, 2.75) is 50.6 Å². The lowest BCUT2D eigenvalue weighted by atomic mass is 9.96. The number of nitrogens with one attached hydrogen (secondary N) is 3. The van der Waals surface area contributed by atoms with Gasteiger partial charge in [-0.25, -0.2) is 4.79 Å². The number of hydrogen-bond acceptors (Lipinski definition) is 3. The predicted octanol–water partition coefficient (Wildman–Crippen LogP) is 1.54. The van der Waals surface area contributed by atoms with E-state index in [9.17, 15) is 14.4 Å². The van der Waals surface area contributed by atoms with E-state index in [1.807, 2.05) is 30.3 Å². The van der Waals surface area contributed by atoms with Gasteiger partial charge < -0.3 is 20.9 Å². The van der Waals surface area contributed by atoms with Crippen LogP contribution < -0.4 is 16.0 Å². The minimum absolute atomic E-state index is 0.00605. The molecule has 7 heteroatoms. The fraction of sp³-hybridized carbons (Fsp3) is 0.550. The smallest absolute Gasteiger partial charge is 0.315 e. The van der Waals surface area contributed by atoms with Crippen molar-refractivity contribution in [3.63, 3.8) is 0 Å². The van der Waals surface area contributed by atoms with Crippen molar-refractivity contribution in [1.82, 2.24) is 20.9 Å². The quantitative estimate of drug-likeness (QED) is 0.707. The number of carbonyl (C=O) groups excluding carboxylic acids is 3. The molecule has 2 aliphatic rings. The third-order valence-electron chi connectivity index (χ3n) is 5.40. The molecule has 146 valence electrons. The number of nitrogens with zero attached hydrogens (tertiary/aromatic N) is 1. The number of rotatable bonds is 6. The zero-order valence-electron chi connectivity index (χ0n) is 15.6. The van der Waals surface area contributed by atoms with Crippen molar-refractivity contribution >= 4 is 17.8 Å². The first kappa shape index (κ1) is 19.2. The molecule has 1 aliphatic heterocycles. The molecule has 0 radical (unpaired) electrons. The fourth-order valence-corrected chi connectivity index (χ4v) is 3.83. The first-order chi connectivity index (χ1) is 13.1. The molecule has 1 saturated heterocycles. The summed E-state index contributed by atoms with van der Waals surface area (Å²) in [6.45, 7) is 1.92. The Bertz CT molecular complexity index is 665. The van der Waals surface area contributed by atoms with Crippen LogP contribution in [0.5, 0.6) is 0 Å². The highest BCUT2D eigenvalue weighted by Crippen LogP contribution is 2.30. The maximum atomic E-state index is 12.8. The van der Waals surface area contributed by atoms with Crippen LogP contribution in [0.15, 0.2) is 30.3 Å². The van der Waals surface area contributed by atoms with Crippen molar-refractivity contribution in [1.29, 1.82) is 0 Å². The normalized spacial score (nSPS) is 18.1. The lowest BCUT2D eigenvalue weighted by Gasteiger charge is -2.29. The molecule has 7 nitrogen and oxygen atoms in total. The van der Waals surface area contributed by atoms with Crippen molar-refractivity contribution < 1.29 is 14.4 Å². The summed E-state index contributed by atoms with van der Waals surface area (Å²) in [7, 11) is 0. The number of hydrogen-bond donors (Lipinski definition) is 3. The van der Waals surface area contributed by atoms with E-state index in [1.165, 1.54) is 0 Å². The summed E-state index contributed by atoms with van der Waals surface area (Å²) in [5.74, 6) is -0.315. The highest BCUT2D eigenvalue weighted by atomic mass is 16.2. The highest BCUT2D eigenvalue weighted by molar-refractivity contribution is 5.93. The number of urea groups is 1. The van der Waals surface area contributed by atoms with Crippen LogP contribution in [0.1, 0.15) is 44.1 Å². The second-order valence-electron chi connectivity index (χ2n) is 7.35. The van der Waals surface area contributed by atoms with E-state index in [-0.39, 0.29) is 24.4 Å². The Kier molecular flexibility index (Phi) is 6.32. The van der Waals surface area contributed by atoms with E-state index in [1.54, 1.807) is 4.90 Å². The monoisotopic (exact) mass is 372 g/mol. The molecule has 1 saturated carbocycles. The highest BCUT2D eigenvalue weighted by Gasteiger charge is 2.42. The Hall–Kier alpha value is -2.57. The summed E-state index contributed by atoms with van der Waals surface area (Å²) in [6, 6.07) is 9.26. The SMILES string of the molecule is O=C(NCc1ccccc1)NC1(C(=O)NCC(=O)N2CCCC2)CCCC1. The summed E-state index contributed by atoms with van der Waals surface area (Å²) in [5, 5.41) is 8.43. The first-order valence-corrected chi connectivity index (χ1v) is 9.75. The molecule has 3 N–H and O–H groups in total. The van der Waals surface area contributed by atoms with Crippen molar-refractivity contribution in [2.24, 2.45) is 0 Å². The largest absolute Gasteiger partial charge is 0.345 e. The van der Waals surface area contributed by atoms with Crippen LogP contribution in [0.25, 0.3) is 0 Å². The maximum absolute atomic E-state index is 12.8. The number of benzene rings is 1. The number of amides is 4. The maximum Gasteiger partial charge on any atom is 0.315 e. The zero-order valence-corrected chi connectivity index (χ0v) is 15.6. The minimum atomic E-state index is -0.925. The summed E-state index contributed by atoms with van der Waals surface area (Å²) >= 11 is 0. The third-order valence-corrected chi connectivity index (χ3v) is 5.40. The minimum Gasteiger partial charge on any atom is -0.345 e. The number of carbonyl (C=O) groups is 3. The van der Waals surface area contributed by atoms with Gasteiger partial charge in [0.1, 0.15) is 5.54 Å². The van der Waals surface area contributed by atoms with E-state index in [0.717, 1.165) is 44.3 Å². The van der Waals surface area contributed by atoms with Crippen LogP contribution >= 0.6 is 0 Å². The molecule has 0 spiro atoms. The van der Waals surface area contributed by atoms with Gasteiger partial charge in [-0.15, -0.1) is 0 Å². The standard InChI is InChI=1S/C20H28N4O3/c25-17(24-12-6-7-13-24)15-21-18(26)20(10-4-5-11-20)23-19(27)22-14-16-8-2-1-3-9-16/h1-3,8-9H,4-7,10-15H2,(H,21,26)(H2,22,23,27). The van der Waals surface area contributed by atoms with Crippen molar-refractivity contribution in [3.05, 3.63) is 35.9 Å². The lowest BCUT2D eigenvalue weighted by molar-refractivity contribution is -0.134. The van der Waals surface area contributed by atoms with Gasteiger partial charge in [-0.1, -0.05) is 43.2 Å². The lowest BCUT2D eigenvalue weighted by Crippen LogP contribution is -2.60. The zero-order chi connectivity index (χ0) is 19.1. The molecule has 0 unspecified atom stereocenters. The Morgan fingerprint density at radius 3 is 2.26 bits per heavy atom. The molecule has 1 aromatic carbocycles. The van der Waals surface area contributed by atoms with Gasteiger partial charge in [-0.3, -0.25) is 9.59 Å². The Balaban J connectivity index is 1.51. The van der Waals surface area contributed by atoms with E-state index in [2.05, 4.69) is 16.0 Å². The van der Waals surface area contributed by atoms with Crippen LogP contribution in [-0.4, -0.2) is 47.9 Å². The van der Waals surface area contributed by atoms with Crippen molar-refractivity contribution in [2.75, 3.05) is 19.6 Å². The fourth-order valence-electron chi connectivity index (χ4n) is 3.83. The average Bonchev–Trinajstić information content (AvgIpc) is 3.38. The topological polar surface area (TPSA) is 90.5 Å². The third kappa shape index (κ3) is 4.99. The summed E-state index contributed by atoms with van der Waals surface area (Å²) in [4.78, 5) is 39.1. The summed E-state index contributed by atoms with van der Waals surface area (Å²) < 4.78 is 0. The predicted molar refractivity (Wildman–Crippen MR) is 102 cm³/mol. The molecule has 27 heavy (non-hydrogen) atoms. The molecular weight excluding hydrogens is 344 g/mol. The van der Waals surface area contributed by atoms with Gasteiger partial charge in [0.2, 0.25) is 11.8 Å². The molecular formula is C20H28N4O3. The van der Waals surface area contributed by atoms with E-state index in [0.29, 0.717) is 19.4 Å². The van der Waals surface area contributed by atoms with Crippen LogP contribution in [0.2, 0.25) is 0 Å². The second kappa shape index (κ2) is 8.88. The van der Waals surface area contributed by atoms with Gasteiger partial charge in [0.25, 0.3) is 0 Å². The van der Waals surface area contributed by atoms with Gasteiger partial charge in [-0.05, 0) is 31.2 Å². The van der Waals surface area contributed by atoms with Crippen LogP contribution in [-0.2, 0) is 16.1 Å². The van der Waals surface area contributed by atoms with Crippen molar-refractivity contribution in [3.8, 4) is 0 Å². The molecule has 2 fully saturated rings. The Morgan fingerprint density at radius 2 is 1.59 bits per heavy atom. The molecule has 1 aromatic rings. The van der Waals surface area contributed by atoms with Gasteiger partial charge in [0, 0.05) is 19.6 Å². The molecule has 0 aromatic heterocycles. The van der Waals surface area contributed by atoms with Crippen LogP contribution in [0, 0.1) is 0 Å². The van der Waals surface area contributed by atoms with E-state index in [4.69, 9.17) is 0 Å². The van der Waals surface area contributed by atoms with Crippen LogP contribution in [0.3, 0.4) is 0 Å². The first-order valence-electron chi connectivity index (χ1n) is 9.75. The van der Waals surface area contributed by atoms with E-state index >= 15 is 0 Å². The molecule has 4 amide bonds. The second-order valence-corrected chi connectivity index (χ2v) is 7.35. The molecule has 0 bridgehead atoms. The number of likely N-dealkylation sites (tertiary alicyclic amines) is 1. The van der Waals surface area contributed by atoms with Gasteiger partial charge in [0.05, 0.1) is 6.54 Å². The van der Waals surface area contributed by atoms with Crippen LogP contribution in [0.4, 0.5) is 4.79 Å². The average molecular weight is 372 g/mol. The summed E-state index contributed by atoms with van der Waals surface area (Å²) in [6.07, 6.45) is 4.99. The summed E-state index contributed by atoms with van der Waals surface area (Å²) in [5.41, 5.74) is 0.0697. The van der Waals surface area contributed by atoms with Gasteiger partial charge >= 0.3 is 6.03 Å². The molecule has 1 aliphatic carbocycles. The van der Waals surface area contributed by atoms with Gasteiger partial charge in [0.15, 0.2) is 0 Å². The van der Waals surface area contributed by atoms with Gasteiger partial charge in [-0.2, -0.15) is 0 Å². The molecule has 3 rings (SSSR count).